The SMILES string of the molecule is CCN(c1ccc(C)cc1CNCCOC)C1CCCC1. The third-order valence-electron chi connectivity index (χ3n) is 4.45. The van der Waals surface area contributed by atoms with Crippen LogP contribution < -0.4 is 10.2 Å². The molecule has 0 bridgehead atoms. The fourth-order valence-corrected chi connectivity index (χ4v) is 3.37. The van der Waals surface area contributed by atoms with Gasteiger partial charge in [0.25, 0.3) is 0 Å². The summed E-state index contributed by atoms with van der Waals surface area (Å²) in [4.78, 5) is 2.61. The van der Waals surface area contributed by atoms with Crippen molar-refractivity contribution in [2.75, 3.05) is 31.7 Å². The second kappa shape index (κ2) is 8.40. The molecule has 3 heteroatoms. The number of hydrogen-bond acceptors (Lipinski definition) is 3. The highest BCUT2D eigenvalue weighted by atomic mass is 16.5. The van der Waals surface area contributed by atoms with Gasteiger partial charge < -0.3 is 15.0 Å². The van der Waals surface area contributed by atoms with Crippen molar-refractivity contribution >= 4 is 5.69 Å². The molecule has 0 aromatic heterocycles. The summed E-state index contributed by atoms with van der Waals surface area (Å²) in [7, 11) is 1.75. The van der Waals surface area contributed by atoms with Gasteiger partial charge in [-0.1, -0.05) is 30.5 Å². The third kappa shape index (κ3) is 4.45. The minimum atomic E-state index is 0.732. The summed E-state index contributed by atoms with van der Waals surface area (Å²) in [6.45, 7) is 8.14. The molecule has 1 aliphatic carbocycles. The van der Waals surface area contributed by atoms with E-state index in [1.165, 1.54) is 42.5 Å². The molecule has 0 aliphatic heterocycles. The highest BCUT2D eigenvalue weighted by Gasteiger charge is 2.23. The van der Waals surface area contributed by atoms with E-state index >= 15 is 0 Å². The van der Waals surface area contributed by atoms with Gasteiger partial charge in [-0.05, 0) is 38.3 Å². The number of anilines is 1. The molecular formula is C18H30N2O. The number of rotatable bonds is 8. The molecule has 0 amide bonds. The maximum atomic E-state index is 5.11. The summed E-state index contributed by atoms with van der Waals surface area (Å²) in [6.07, 6.45) is 5.46. The number of nitrogens with one attached hydrogen (secondary N) is 1. The molecule has 1 aromatic rings. The van der Waals surface area contributed by atoms with Crippen molar-refractivity contribution in [3.63, 3.8) is 0 Å². The summed E-state index contributed by atoms with van der Waals surface area (Å²) >= 11 is 0. The Morgan fingerprint density at radius 2 is 2.05 bits per heavy atom. The molecule has 118 valence electrons. The van der Waals surface area contributed by atoms with Crippen LogP contribution in [0.3, 0.4) is 0 Å². The lowest BCUT2D eigenvalue weighted by atomic mass is 10.1. The molecule has 0 radical (unpaired) electrons. The van der Waals surface area contributed by atoms with Crippen LogP contribution in [0.25, 0.3) is 0 Å². The number of hydrogen-bond donors (Lipinski definition) is 1. The molecule has 1 aromatic carbocycles. The van der Waals surface area contributed by atoms with Gasteiger partial charge in [0.05, 0.1) is 6.61 Å². The van der Waals surface area contributed by atoms with E-state index in [1.807, 2.05) is 0 Å². The second-order valence-corrected chi connectivity index (χ2v) is 6.03. The predicted molar refractivity (Wildman–Crippen MR) is 90.0 cm³/mol. The number of aryl methyl sites for hydroxylation is 1. The first-order valence-corrected chi connectivity index (χ1v) is 8.32. The Morgan fingerprint density at radius 1 is 1.29 bits per heavy atom. The van der Waals surface area contributed by atoms with Crippen LogP contribution in [-0.2, 0) is 11.3 Å². The third-order valence-corrected chi connectivity index (χ3v) is 4.45. The monoisotopic (exact) mass is 290 g/mol. The van der Waals surface area contributed by atoms with Gasteiger partial charge in [0.15, 0.2) is 0 Å². The van der Waals surface area contributed by atoms with E-state index in [-0.39, 0.29) is 0 Å². The largest absolute Gasteiger partial charge is 0.383 e. The van der Waals surface area contributed by atoms with Gasteiger partial charge in [-0.15, -0.1) is 0 Å². The average molecular weight is 290 g/mol. The first-order chi connectivity index (χ1) is 10.3. The molecule has 0 heterocycles. The van der Waals surface area contributed by atoms with Crippen LogP contribution in [0.15, 0.2) is 18.2 Å². The van der Waals surface area contributed by atoms with Gasteiger partial charge in [-0.3, -0.25) is 0 Å². The maximum absolute atomic E-state index is 5.11. The van der Waals surface area contributed by atoms with Crippen molar-refractivity contribution in [2.24, 2.45) is 0 Å². The lowest BCUT2D eigenvalue weighted by molar-refractivity contribution is 0.199. The Hall–Kier alpha value is -1.06. The van der Waals surface area contributed by atoms with Crippen LogP contribution >= 0.6 is 0 Å². The first kappa shape index (κ1) is 16.3. The van der Waals surface area contributed by atoms with Crippen molar-refractivity contribution in [2.45, 2.75) is 52.1 Å². The van der Waals surface area contributed by atoms with E-state index in [0.29, 0.717) is 0 Å². The number of ether oxygens (including phenoxy) is 1. The van der Waals surface area contributed by atoms with Crippen LogP contribution in [-0.4, -0.2) is 32.8 Å². The minimum Gasteiger partial charge on any atom is -0.383 e. The van der Waals surface area contributed by atoms with Crippen molar-refractivity contribution < 1.29 is 4.74 Å². The van der Waals surface area contributed by atoms with Crippen LogP contribution in [0.4, 0.5) is 5.69 Å². The molecule has 0 atom stereocenters. The highest BCUT2D eigenvalue weighted by molar-refractivity contribution is 5.56. The predicted octanol–water partition coefficient (Wildman–Crippen LogP) is 3.50. The Labute approximate surface area is 129 Å². The van der Waals surface area contributed by atoms with Gasteiger partial charge in [-0.25, -0.2) is 0 Å². The summed E-state index contributed by atoms with van der Waals surface area (Å²) in [6, 6.07) is 7.61. The molecule has 0 saturated heterocycles. The quantitative estimate of drug-likeness (QED) is 0.742. The Bertz CT molecular complexity index is 427. The van der Waals surface area contributed by atoms with Crippen LogP contribution in [0.1, 0.15) is 43.7 Å². The minimum absolute atomic E-state index is 0.732. The second-order valence-electron chi connectivity index (χ2n) is 6.03. The first-order valence-electron chi connectivity index (χ1n) is 8.32. The standard InChI is InChI=1S/C18H30N2O/c1-4-20(17-7-5-6-8-17)18-10-9-15(2)13-16(18)14-19-11-12-21-3/h9-10,13,17,19H,4-8,11-12,14H2,1-3H3. The molecule has 3 nitrogen and oxygen atoms in total. The van der Waals surface area contributed by atoms with E-state index in [9.17, 15) is 0 Å². The van der Waals surface area contributed by atoms with Crippen molar-refractivity contribution in [1.82, 2.24) is 5.32 Å². The normalized spacial score (nSPS) is 15.6. The van der Waals surface area contributed by atoms with Crippen molar-refractivity contribution in [1.29, 1.82) is 0 Å². The lowest BCUT2D eigenvalue weighted by Gasteiger charge is -2.32. The summed E-state index contributed by atoms with van der Waals surface area (Å²) in [5.74, 6) is 0. The molecule has 1 saturated carbocycles. The van der Waals surface area contributed by atoms with E-state index < -0.39 is 0 Å². The van der Waals surface area contributed by atoms with Gasteiger partial charge >= 0.3 is 0 Å². The van der Waals surface area contributed by atoms with Crippen LogP contribution in [0, 0.1) is 6.92 Å². The van der Waals surface area contributed by atoms with Crippen molar-refractivity contribution in [3.05, 3.63) is 29.3 Å². The smallest absolute Gasteiger partial charge is 0.0587 e. The summed E-state index contributed by atoms with van der Waals surface area (Å²) in [5.41, 5.74) is 4.17. The fraction of sp³-hybridized carbons (Fsp3) is 0.667. The highest BCUT2D eigenvalue weighted by Crippen LogP contribution is 2.30. The average Bonchev–Trinajstić information content (AvgIpc) is 3.00. The van der Waals surface area contributed by atoms with E-state index in [2.05, 4.69) is 42.3 Å². The zero-order valence-corrected chi connectivity index (χ0v) is 13.8. The van der Waals surface area contributed by atoms with Gasteiger partial charge in [-0.2, -0.15) is 0 Å². The molecule has 1 fully saturated rings. The number of methoxy groups -OCH3 is 1. The van der Waals surface area contributed by atoms with Crippen LogP contribution in [0.2, 0.25) is 0 Å². The van der Waals surface area contributed by atoms with Gasteiger partial charge in [0, 0.05) is 38.5 Å². The molecule has 1 N–H and O–H groups in total. The summed E-state index contributed by atoms with van der Waals surface area (Å²) < 4.78 is 5.11. The van der Waals surface area contributed by atoms with Gasteiger partial charge in [0.1, 0.15) is 0 Å². The number of nitrogens with zero attached hydrogens (tertiary/aromatic N) is 1. The van der Waals surface area contributed by atoms with Gasteiger partial charge in [0.2, 0.25) is 0 Å². The summed E-state index contributed by atoms with van der Waals surface area (Å²) in [5, 5.41) is 3.49. The van der Waals surface area contributed by atoms with Crippen molar-refractivity contribution in [3.8, 4) is 0 Å². The topological polar surface area (TPSA) is 24.5 Å². The molecule has 0 unspecified atom stereocenters. The van der Waals surface area contributed by atoms with E-state index in [1.54, 1.807) is 7.11 Å². The zero-order chi connectivity index (χ0) is 15.1. The molecule has 2 rings (SSSR count). The lowest BCUT2D eigenvalue weighted by Crippen LogP contribution is -2.34. The Kier molecular flexibility index (Phi) is 6.52. The van der Waals surface area contributed by atoms with E-state index in [4.69, 9.17) is 4.74 Å². The molecule has 0 spiro atoms. The fourth-order valence-electron chi connectivity index (χ4n) is 3.37. The number of benzene rings is 1. The Morgan fingerprint density at radius 3 is 2.71 bits per heavy atom. The molecule has 1 aliphatic rings. The van der Waals surface area contributed by atoms with Crippen LogP contribution in [0.5, 0.6) is 0 Å². The molecular weight excluding hydrogens is 260 g/mol. The van der Waals surface area contributed by atoms with E-state index in [0.717, 1.165) is 32.3 Å². The molecule has 21 heavy (non-hydrogen) atoms. The Balaban J connectivity index is 2.12. The maximum Gasteiger partial charge on any atom is 0.0587 e. The zero-order valence-electron chi connectivity index (χ0n) is 13.8.